The molecule has 0 bridgehead atoms. The van der Waals surface area contributed by atoms with Gasteiger partial charge in [0.05, 0.1) is 12.5 Å². The second-order valence-electron chi connectivity index (χ2n) is 5.12. The molecule has 2 heterocycles. The maximum atomic E-state index is 12.1. The number of nitrogens with one attached hydrogen (secondary N) is 1. The minimum atomic E-state index is -0.0122. The van der Waals surface area contributed by atoms with Gasteiger partial charge in [0.15, 0.2) is 11.6 Å². The number of hydrogen-bond acceptors (Lipinski definition) is 5. The first-order valence-corrected chi connectivity index (χ1v) is 7.56. The summed E-state index contributed by atoms with van der Waals surface area (Å²) in [7, 11) is 0. The molecule has 1 unspecified atom stereocenters. The van der Waals surface area contributed by atoms with E-state index in [0.29, 0.717) is 26.2 Å². The highest BCUT2D eigenvalue weighted by Crippen LogP contribution is 2.29. The number of piperidine rings is 1. The number of pyridine rings is 1. The standard InChI is InChI=1S/C15H24N4O2/c1-2-21-13-6-3-8-17-14(13)19-10-4-5-12(11-19)15(20)18-9-7-16/h3,6,8,12H,2,4-5,7,9-11,16H2,1H3,(H,18,20). The van der Waals surface area contributed by atoms with E-state index in [2.05, 4.69) is 15.2 Å². The Morgan fingerprint density at radius 2 is 2.48 bits per heavy atom. The first-order chi connectivity index (χ1) is 10.3. The molecule has 3 N–H and O–H groups in total. The second kappa shape index (κ2) is 7.83. The van der Waals surface area contributed by atoms with Gasteiger partial charge in [-0.25, -0.2) is 4.98 Å². The molecule has 1 aromatic heterocycles. The van der Waals surface area contributed by atoms with Crippen molar-refractivity contribution in [2.45, 2.75) is 19.8 Å². The molecule has 1 aromatic rings. The number of nitrogens with zero attached hydrogens (tertiary/aromatic N) is 2. The topological polar surface area (TPSA) is 80.5 Å². The number of aromatic nitrogens is 1. The Labute approximate surface area is 125 Å². The minimum Gasteiger partial charge on any atom is -0.490 e. The Hall–Kier alpha value is -1.82. The van der Waals surface area contributed by atoms with Gasteiger partial charge in [-0.15, -0.1) is 0 Å². The summed E-state index contributed by atoms with van der Waals surface area (Å²) in [5, 5.41) is 2.87. The van der Waals surface area contributed by atoms with Gasteiger partial charge in [-0.2, -0.15) is 0 Å². The quantitative estimate of drug-likeness (QED) is 0.809. The van der Waals surface area contributed by atoms with Crippen molar-refractivity contribution in [2.24, 2.45) is 11.7 Å². The molecule has 2 rings (SSSR count). The van der Waals surface area contributed by atoms with Crippen LogP contribution in [0.25, 0.3) is 0 Å². The number of carbonyl (C=O) groups is 1. The lowest BCUT2D eigenvalue weighted by Crippen LogP contribution is -2.44. The van der Waals surface area contributed by atoms with Gasteiger partial charge < -0.3 is 20.7 Å². The minimum absolute atomic E-state index is 0.0122. The molecule has 1 fully saturated rings. The average Bonchev–Trinajstić information content (AvgIpc) is 2.53. The smallest absolute Gasteiger partial charge is 0.224 e. The molecule has 116 valence electrons. The molecule has 1 saturated heterocycles. The fourth-order valence-corrected chi connectivity index (χ4v) is 2.61. The average molecular weight is 292 g/mol. The molecule has 1 aliphatic rings. The third-order valence-electron chi connectivity index (χ3n) is 3.59. The van der Waals surface area contributed by atoms with E-state index >= 15 is 0 Å². The van der Waals surface area contributed by atoms with Crippen LogP contribution >= 0.6 is 0 Å². The molecule has 0 aliphatic carbocycles. The van der Waals surface area contributed by atoms with Gasteiger partial charge in [-0.05, 0) is 31.9 Å². The summed E-state index contributed by atoms with van der Waals surface area (Å²) < 4.78 is 5.63. The largest absolute Gasteiger partial charge is 0.490 e. The Morgan fingerprint density at radius 1 is 1.62 bits per heavy atom. The highest BCUT2D eigenvalue weighted by Gasteiger charge is 2.27. The van der Waals surface area contributed by atoms with Gasteiger partial charge in [0.1, 0.15) is 0 Å². The van der Waals surface area contributed by atoms with Crippen molar-refractivity contribution in [3.63, 3.8) is 0 Å². The maximum absolute atomic E-state index is 12.1. The lowest BCUT2D eigenvalue weighted by Gasteiger charge is -2.33. The van der Waals surface area contributed by atoms with Crippen LogP contribution in [0.2, 0.25) is 0 Å². The summed E-state index contributed by atoms with van der Waals surface area (Å²) in [5.74, 6) is 1.68. The van der Waals surface area contributed by atoms with Crippen molar-refractivity contribution >= 4 is 11.7 Å². The van der Waals surface area contributed by atoms with Crippen LogP contribution in [0, 0.1) is 5.92 Å². The molecule has 6 nitrogen and oxygen atoms in total. The highest BCUT2D eigenvalue weighted by atomic mass is 16.5. The van der Waals surface area contributed by atoms with Crippen LogP contribution in [-0.2, 0) is 4.79 Å². The number of hydrogen-bond donors (Lipinski definition) is 2. The number of ether oxygens (including phenoxy) is 1. The van der Waals surface area contributed by atoms with E-state index in [1.54, 1.807) is 6.20 Å². The number of amides is 1. The summed E-state index contributed by atoms with van der Waals surface area (Å²) in [6.07, 6.45) is 3.64. The van der Waals surface area contributed by atoms with E-state index in [-0.39, 0.29) is 11.8 Å². The van der Waals surface area contributed by atoms with Gasteiger partial charge in [0.25, 0.3) is 0 Å². The van der Waals surface area contributed by atoms with Crippen molar-refractivity contribution in [1.82, 2.24) is 10.3 Å². The lowest BCUT2D eigenvalue weighted by atomic mass is 9.97. The first kappa shape index (κ1) is 15.6. The van der Waals surface area contributed by atoms with Crippen molar-refractivity contribution in [3.8, 4) is 5.75 Å². The van der Waals surface area contributed by atoms with E-state index in [1.807, 2.05) is 19.1 Å². The van der Waals surface area contributed by atoms with Crippen molar-refractivity contribution in [1.29, 1.82) is 0 Å². The molecule has 6 heteroatoms. The number of anilines is 1. The summed E-state index contributed by atoms with van der Waals surface area (Å²) in [6, 6.07) is 3.79. The monoisotopic (exact) mass is 292 g/mol. The molecular formula is C15H24N4O2. The van der Waals surface area contributed by atoms with Gasteiger partial charge >= 0.3 is 0 Å². The Kier molecular flexibility index (Phi) is 5.80. The third-order valence-corrected chi connectivity index (χ3v) is 3.59. The predicted octanol–water partition coefficient (Wildman–Crippen LogP) is 0.772. The summed E-state index contributed by atoms with van der Waals surface area (Å²) in [6.45, 7) is 5.13. The first-order valence-electron chi connectivity index (χ1n) is 7.56. The summed E-state index contributed by atoms with van der Waals surface area (Å²) in [4.78, 5) is 18.7. The number of rotatable bonds is 6. The zero-order chi connectivity index (χ0) is 15.1. The molecule has 0 radical (unpaired) electrons. The maximum Gasteiger partial charge on any atom is 0.224 e. The van der Waals surface area contributed by atoms with Gasteiger partial charge in [0, 0.05) is 32.4 Å². The van der Waals surface area contributed by atoms with E-state index in [0.717, 1.165) is 31.0 Å². The zero-order valence-electron chi connectivity index (χ0n) is 12.5. The molecule has 0 spiro atoms. The van der Waals surface area contributed by atoms with Crippen LogP contribution in [0.1, 0.15) is 19.8 Å². The number of carbonyl (C=O) groups excluding carboxylic acids is 1. The van der Waals surface area contributed by atoms with Crippen molar-refractivity contribution in [3.05, 3.63) is 18.3 Å². The van der Waals surface area contributed by atoms with Gasteiger partial charge in [-0.3, -0.25) is 4.79 Å². The van der Waals surface area contributed by atoms with E-state index < -0.39 is 0 Å². The highest BCUT2D eigenvalue weighted by molar-refractivity contribution is 5.79. The van der Waals surface area contributed by atoms with Crippen molar-refractivity contribution < 1.29 is 9.53 Å². The lowest BCUT2D eigenvalue weighted by molar-refractivity contribution is -0.125. The Morgan fingerprint density at radius 3 is 3.24 bits per heavy atom. The molecular weight excluding hydrogens is 268 g/mol. The molecule has 21 heavy (non-hydrogen) atoms. The van der Waals surface area contributed by atoms with Crippen LogP contribution in [0.4, 0.5) is 5.82 Å². The van der Waals surface area contributed by atoms with Gasteiger partial charge in [-0.1, -0.05) is 0 Å². The van der Waals surface area contributed by atoms with Gasteiger partial charge in [0.2, 0.25) is 5.91 Å². The van der Waals surface area contributed by atoms with Crippen LogP contribution in [0.3, 0.4) is 0 Å². The second-order valence-corrected chi connectivity index (χ2v) is 5.12. The normalized spacial score (nSPS) is 18.4. The van der Waals surface area contributed by atoms with Crippen LogP contribution in [-0.4, -0.2) is 43.7 Å². The molecule has 1 atom stereocenters. The van der Waals surface area contributed by atoms with E-state index in [1.165, 1.54) is 0 Å². The summed E-state index contributed by atoms with van der Waals surface area (Å²) >= 11 is 0. The zero-order valence-corrected chi connectivity index (χ0v) is 12.5. The van der Waals surface area contributed by atoms with Crippen LogP contribution in [0.15, 0.2) is 18.3 Å². The molecule has 1 amide bonds. The van der Waals surface area contributed by atoms with E-state index in [4.69, 9.17) is 10.5 Å². The Balaban J connectivity index is 2.05. The predicted molar refractivity (Wildman–Crippen MR) is 82.4 cm³/mol. The SMILES string of the molecule is CCOc1cccnc1N1CCCC(C(=O)NCCN)C1. The van der Waals surface area contributed by atoms with E-state index in [9.17, 15) is 4.79 Å². The fraction of sp³-hybridized carbons (Fsp3) is 0.600. The van der Waals surface area contributed by atoms with Crippen molar-refractivity contribution in [2.75, 3.05) is 37.7 Å². The Bertz CT molecular complexity index is 467. The molecule has 0 aromatic carbocycles. The van der Waals surface area contributed by atoms with Crippen LogP contribution < -0.4 is 20.7 Å². The molecule has 1 aliphatic heterocycles. The summed E-state index contributed by atoms with van der Waals surface area (Å²) in [5.41, 5.74) is 5.43. The number of nitrogens with two attached hydrogens (primary N) is 1. The third kappa shape index (κ3) is 4.07. The fourth-order valence-electron chi connectivity index (χ4n) is 2.61. The van der Waals surface area contributed by atoms with Crippen LogP contribution in [0.5, 0.6) is 5.75 Å². The molecule has 0 saturated carbocycles.